The summed E-state index contributed by atoms with van der Waals surface area (Å²) in [5.41, 5.74) is 8.61. The van der Waals surface area contributed by atoms with Crippen LogP contribution in [0.4, 0.5) is 24.5 Å². The first-order valence-corrected chi connectivity index (χ1v) is 22.6. The van der Waals surface area contributed by atoms with Gasteiger partial charge in [-0.25, -0.2) is 13.2 Å². The van der Waals surface area contributed by atoms with E-state index in [9.17, 15) is 9.50 Å². The van der Waals surface area contributed by atoms with Crippen molar-refractivity contribution in [2.24, 2.45) is 10.9 Å². The third-order valence-corrected chi connectivity index (χ3v) is 14.7. The molecule has 324 valence electrons. The summed E-state index contributed by atoms with van der Waals surface area (Å²) in [6, 6.07) is 22.9. The molecule has 13 heteroatoms. The van der Waals surface area contributed by atoms with Crippen molar-refractivity contribution in [1.82, 2.24) is 19.7 Å². The number of thiophene rings is 1. The number of aromatic nitrogens is 3. The number of rotatable bonds is 7. The van der Waals surface area contributed by atoms with Crippen LogP contribution in [-0.2, 0) is 0 Å². The Bertz CT molecular complexity index is 2760. The number of fused-ring (bicyclic) bond motifs is 4. The first-order valence-electron chi connectivity index (χ1n) is 21.8. The fourth-order valence-electron chi connectivity index (χ4n) is 9.89. The molecule has 0 radical (unpaired) electrons. The lowest BCUT2D eigenvalue weighted by atomic mass is 9.85. The predicted molar refractivity (Wildman–Crippen MR) is 244 cm³/mol. The van der Waals surface area contributed by atoms with Crippen molar-refractivity contribution in [2.45, 2.75) is 59.6 Å². The summed E-state index contributed by atoms with van der Waals surface area (Å²) < 4.78 is 53.2. The van der Waals surface area contributed by atoms with Crippen LogP contribution < -0.4 is 14.5 Å². The Labute approximate surface area is 369 Å². The second kappa shape index (κ2) is 16.3. The summed E-state index contributed by atoms with van der Waals surface area (Å²) in [6.45, 7) is 17.1. The van der Waals surface area contributed by atoms with Crippen LogP contribution in [0.15, 0.2) is 83.9 Å². The molecule has 0 saturated carbocycles. The summed E-state index contributed by atoms with van der Waals surface area (Å²) in [5.74, 6) is -0.0998. The maximum Gasteiger partial charge on any atom is 0.162 e. The van der Waals surface area contributed by atoms with E-state index < -0.39 is 23.6 Å². The van der Waals surface area contributed by atoms with E-state index in [-0.39, 0.29) is 22.9 Å². The molecule has 6 heterocycles. The Morgan fingerprint density at radius 1 is 0.762 bits per heavy atom. The lowest BCUT2D eigenvalue weighted by molar-refractivity contribution is 0.201. The molecule has 4 aliphatic heterocycles. The predicted octanol–water partition coefficient (Wildman–Crippen LogP) is 10.4. The van der Waals surface area contributed by atoms with Gasteiger partial charge in [-0.2, -0.15) is 0 Å². The fourth-order valence-corrected chi connectivity index (χ4v) is 11.1. The van der Waals surface area contributed by atoms with Crippen molar-refractivity contribution in [2.75, 3.05) is 55.6 Å². The monoisotopic (exact) mass is 869 g/mol. The molecule has 0 spiro atoms. The average Bonchev–Trinajstić information content (AvgIpc) is 3.77. The Morgan fingerprint density at radius 2 is 1.41 bits per heavy atom. The summed E-state index contributed by atoms with van der Waals surface area (Å²) >= 11 is 1.79. The minimum Gasteiger partial charge on any atom is -0.508 e. The van der Waals surface area contributed by atoms with Crippen molar-refractivity contribution in [3.63, 3.8) is 0 Å². The quantitative estimate of drug-likeness (QED) is 0.171. The number of anilines is 2. The van der Waals surface area contributed by atoms with E-state index in [4.69, 9.17) is 9.73 Å². The van der Waals surface area contributed by atoms with Gasteiger partial charge in [0.15, 0.2) is 5.82 Å². The zero-order valence-corrected chi connectivity index (χ0v) is 36.9. The molecule has 2 fully saturated rings. The minimum atomic E-state index is -1.01. The molecule has 63 heavy (non-hydrogen) atoms. The first kappa shape index (κ1) is 41.1. The number of phenolic OH excluding ortho intramolecular Hbond substituents is 1. The van der Waals surface area contributed by atoms with Crippen LogP contribution in [0.25, 0.3) is 16.1 Å². The van der Waals surface area contributed by atoms with Crippen LogP contribution in [0.2, 0.25) is 0 Å². The van der Waals surface area contributed by atoms with Gasteiger partial charge < -0.3 is 19.6 Å². The Hall–Kier alpha value is -5.92. The van der Waals surface area contributed by atoms with Crippen molar-refractivity contribution < 1.29 is 23.0 Å². The molecule has 2 saturated heterocycles. The molecular formula is C50H50F3N7O2S. The molecule has 0 aliphatic carbocycles. The van der Waals surface area contributed by atoms with Crippen molar-refractivity contribution in [3.05, 3.63) is 146 Å². The van der Waals surface area contributed by atoms with E-state index in [1.165, 1.54) is 33.8 Å². The van der Waals surface area contributed by atoms with Gasteiger partial charge in [-0.1, -0.05) is 24.3 Å². The molecular weight excluding hydrogens is 820 g/mol. The topological polar surface area (TPSA) is 82.2 Å². The van der Waals surface area contributed by atoms with Gasteiger partial charge in [-0.05, 0) is 113 Å². The highest BCUT2D eigenvalue weighted by Crippen LogP contribution is 2.49. The standard InChI is InChI=1S/C50H50F3N7O2S/c1-28-31(4)63-50-45(28)47(54-30(3)49-56-55-32(5)60(49)50)34-6-10-37(11-7-34)58-18-16-33(17-19-58)27-57-20-22-59(23-21-57)38-12-8-35(9-13-38)48-44(46-41(52)24-36(51)25-42(46)53)29(2)40-26-39(61)14-15-43(40)62-48/h6-15,24-26,30,33,48,61H,16-23,27H2,1-5H3/t30-,48+/m0/s1. The Kier molecular flexibility index (Phi) is 10.7. The zero-order valence-electron chi connectivity index (χ0n) is 36.1. The molecule has 4 aliphatic rings. The molecule has 2 aromatic heterocycles. The summed E-state index contributed by atoms with van der Waals surface area (Å²) in [5, 5.41) is 20.2. The van der Waals surface area contributed by atoms with Crippen LogP contribution in [0.1, 0.15) is 88.7 Å². The lowest BCUT2D eigenvalue weighted by Gasteiger charge is -2.40. The number of phenols is 1. The fraction of sp³-hybridized carbons (Fsp3) is 0.340. The average molecular weight is 870 g/mol. The number of benzene rings is 4. The summed E-state index contributed by atoms with van der Waals surface area (Å²) in [7, 11) is 0. The number of aliphatic imine (C=N–C) groups is 1. The maximum atomic E-state index is 15.3. The van der Waals surface area contributed by atoms with E-state index in [1.807, 2.05) is 31.2 Å². The van der Waals surface area contributed by atoms with E-state index in [1.54, 1.807) is 24.3 Å². The van der Waals surface area contributed by atoms with E-state index in [2.05, 4.69) is 74.5 Å². The largest absolute Gasteiger partial charge is 0.508 e. The highest BCUT2D eigenvalue weighted by atomic mass is 32.1. The molecule has 0 unspecified atom stereocenters. The number of aromatic hydroxyl groups is 1. The van der Waals surface area contributed by atoms with Gasteiger partial charge in [0.25, 0.3) is 0 Å². The summed E-state index contributed by atoms with van der Waals surface area (Å²) in [6.07, 6.45) is 1.45. The van der Waals surface area contributed by atoms with Gasteiger partial charge in [-0.15, -0.1) is 21.5 Å². The molecule has 2 atom stereocenters. The van der Waals surface area contributed by atoms with E-state index >= 15 is 8.78 Å². The molecule has 6 aromatic rings. The number of piperidine rings is 1. The molecule has 4 aromatic carbocycles. The number of hydrogen-bond donors (Lipinski definition) is 1. The number of piperazine rings is 1. The number of hydrogen-bond acceptors (Lipinski definition) is 9. The van der Waals surface area contributed by atoms with Gasteiger partial charge >= 0.3 is 0 Å². The van der Waals surface area contributed by atoms with Crippen LogP contribution in [0, 0.1) is 44.1 Å². The molecule has 0 bridgehead atoms. The first-order chi connectivity index (χ1) is 30.4. The van der Waals surface area contributed by atoms with Crippen LogP contribution in [0.3, 0.4) is 0 Å². The van der Waals surface area contributed by atoms with E-state index in [0.29, 0.717) is 40.5 Å². The number of allylic oxidation sites excluding steroid dienone is 1. The van der Waals surface area contributed by atoms with Gasteiger partial charge in [0.1, 0.15) is 51.9 Å². The Morgan fingerprint density at radius 3 is 2.10 bits per heavy atom. The second-order valence-electron chi connectivity index (χ2n) is 17.4. The number of nitrogens with zero attached hydrogens (tertiary/aromatic N) is 7. The number of ether oxygens (including phenoxy) is 1. The zero-order chi connectivity index (χ0) is 43.7. The van der Waals surface area contributed by atoms with E-state index in [0.717, 1.165) is 92.3 Å². The highest BCUT2D eigenvalue weighted by Gasteiger charge is 2.34. The SMILES string of the molecule is CC1=C(c2c(F)cc(F)cc2F)[C@@H](c2ccc(N3CCN(CC4CCN(c5ccc(C6=N[C@@H](C)c7nnc(C)n7-c7sc(C)c(C)c76)cc5)CC4)CC3)cc2)Oc2ccc(O)cc21. The third-order valence-electron chi connectivity index (χ3n) is 13.5. The van der Waals surface area contributed by atoms with Gasteiger partial charge in [-0.3, -0.25) is 14.5 Å². The molecule has 0 amide bonds. The van der Waals surface area contributed by atoms with Gasteiger partial charge in [0.2, 0.25) is 0 Å². The van der Waals surface area contributed by atoms with Crippen LogP contribution >= 0.6 is 11.3 Å². The van der Waals surface area contributed by atoms with Crippen LogP contribution in [-0.4, -0.2) is 76.3 Å². The van der Waals surface area contributed by atoms with Crippen LogP contribution in [0.5, 0.6) is 11.5 Å². The second-order valence-corrected chi connectivity index (χ2v) is 18.6. The molecule has 9 nitrogen and oxygen atoms in total. The third kappa shape index (κ3) is 7.48. The number of aryl methyl sites for hydroxylation is 2. The summed E-state index contributed by atoms with van der Waals surface area (Å²) in [4.78, 5) is 14.0. The smallest absolute Gasteiger partial charge is 0.162 e. The maximum absolute atomic E-state index is 15.3. The lowest BCUT2D eigenvalue weighted by Crippen LogP contribution is -2.49. The normalized spacial score (nSPS) is 19.3. The van der Waals surface area contributed by atoms with Crippen molar-refractivity contribution >= 4 is 39.6 Å². The van der Waals surface area contributed by atoms with Crippen molar-refractivity contribution in [3.8, 4) is 16.5 Å². The minimum absolute atomic E-state index is 0.00480. The van der Waals surface area contributed by atoms with Crippen molar-refractivity contribution in [1.29, 1.82) is 0 Å². The van der Waals surface area contributed by atoms with Gasteiger partial charge in [0, 0.05) is 96.5 Å². The Balaban J connectivity index is 0.759. The van der Waals surface area contributed by atoms with Gasteiger partial charge in [0.05, 0.1) is 11.3 Å². The molecule has 10 rings (SSSR count). The highest BCUT2D eigenvalue weighted by molar-refractivity contribution is 7.15. The number of halogens is 3. The molecule has 1 N–H and O–H groups in total.